The molecule has 1 aliphatic heterocycles. The molecule has 1 aromatic rings. The number of halogens is 1. The highest BCUT2D eigenvalue weighted by molar-refractivity contribution is 5.81. The summed E-state index contributed by atoms with van der Waals surface area (Å²) in [7, 11) is 0. The number of rotatable bonds is 4. The zero-order valence-corrected chi connectivity index (χ0v) is 11.6. The molecule has 0 aromatic heterocycles. The minimum atomic E-state index is -0.280. The van der Waals surface area contributed by atoms with Crippen LogP contribution in [0.15, 0.2) is 18.2 Å². The molecule has 0 radical (unpaired) electrons. The van der Waals surface area contributed by atoms with Crippen LogP contribution in [0.2, 0.25) is 0 Å². The lowest BCUT2D eigenvalue weighted by molar-refractivity contribution is -0.124. The quantitative estimate of drug-likeness (QED) is 0.860. The van der Waals surface area contributed by atoms with Crippen molar-refractivity contribution in [3.8, 4) is 0 Å². The van der Waals surface area contributed by atoms with Crippen LogP contribution in [0, 0.1) is 12.7 Å². The third-order valence-corrected chi connectivity index (χ3v) is 3.32. The van der Waals surface area contributed by atoms with Gasteiger partial charge in [0.1, 0.15) is 5.82 Å². The topological polar surface area (TPSA) is 61.4 Å². The van der Waals surface area contributed by atoms with Gasteiger partial charge in [0.05, 0.1) is 6.54 Å². The number of hydrogen-bond acceptors (Lipinski definition) is 3. The predicted octanol–water partition coefficient (Wildman–Crippen LogP) is 0.876. The molecule has 20 heavy (non-hydrogen) atoms. The van der Waals surface area contributed by atoms with Crippen LogP contribution in [-0.2, 0) is 16.1 Å². The number of nitrogens with zero attached hydrogens (tertiary/aromatic N) is 1. The summed E-state index contributed by atoms with van der Waals surface area (Å²) in [5.74, 6) is -0.567. The molecule has 0 bridgehead atoms. The summed E-state index contributed by atoms with van der Waals surface area (Å²) in [6.45, 7) is 3.93. The second-order valence-corrected chi connectivity index (χ2v) is 5.08. The molecule has 1 atom stereocenters. The minimum Gasteiger partial charge on any atom is -0.351 e. The van der Waals surface area contributed by atoms with Crippen molar-refractivity contribution in [2.24, 2.45) is 0 Å². The van der Waals surface area contributed by atoms with Gasteiger partial charge in [-0.25, -0.2) is 9.40 Å². The van der Waals surface area contributed by atoms with Crippen LogP contribution >= 0.6 is 0 Å². The molecule has 1 heterocycles. The van der Waals surface area contributed by atoms with Crippen LogP contribution in [0.25, 0.3) is 0 Å². The van der Waals surface area contributed by atoms with Gasteiger partial charge in [0.15, 0.2) is 0 Å². The molecule has 0 unspecified atom stereocenters. The molecule has 0 spiro atoms. The van der Waals surface area contributed by atoms with Crippen molar-refractivity contribution in [2.45, 2.75) is 32.9 Å². The third kappa shape index (κ3) is 3.54. The SMILES string of the molecule is Cc1ccc(CNC(=O)CN2NC(=O)C[C@@H]2C)cc1F. The van der Waals surface area contributed by atoms with Crippen molar-refractivity contribution in [1.82, 2.24) is 15.8 Å². The number of nitrogens with one attached hydrogen (secondary N) is 2. The Morgan fingerprint density at radius 2 is 2.30 bits per heavy atom. The van der Waals surface area contributed by atoms with Gasteiger partial charge in [-0.2, -0.15) is 0 Å². The van der Waals surface area contributed by atoms with Gasteiger partial charge in [-0.1, -0.05) is 12.1 Å². The Balaban J connectivity index is 1.83. The molecule has 1 saturated heterocycles. The van der Waals surface area contributed by atoms with Crippen molar-refractivity contribution < 1.29 is 14.0 Å². The first-order valence-electron chi connectivity index (χ1n) is 6.53. The Morgan fingerprint density at radius 3 is 2.90 bits per heavy atom. The van der Waals surface area contributed by atoms with Gasteiger partial charge >= 0.3 is 0 Å². The molecular formula is C14H18FN3O2. The molecule has 0 saturated carbocycles. The lowest BCUT2D eigenvalue weighted by atomic mass is 10.1. The van der Waals surface area contributed by atoms with E-state index in [2.05, 4.69) is 10.7 Å². The average molecular weight is 279 g/mol. The first-order valence-corrected chi connectivity index (χ1v) is 6.53. The molecule has 108 valence electrons. The molecule has 5 nitrogen and oxygen atoms in total. The van der Waals surface area contributed by atoms with Crippen molar-refractivity contribution in [3.05, 3.63) is 35.1 Å². The van der Waals surface area contributed by atoms with Gasteiger partial charge in [0.25, 0.3) is 0 Å². The second-order valence-electron chi connectivity index (χ2n) is 5.08. The number of hydrogen-bond donors (Lipinski definition) is 2. The maximum absolute atomic E-state index is 13.4. The van der Waals surface area contributed by atoms with E-state index in [1.54, 1.807) is 24.1 Å². The van der Waals surface area contributed by atoms with E-state index in [0.29, 0.717) is 17.5 Å². The van der Waals surface area contributed by atoms with E-state index < -0.39 is 0 Å². The third-order valence-electron chi connectivity index (χ3n) is 3.32. The summed E-state index contributed by atoms with van der Waals surface area (Å²) in [4.78, 5) is 22.9. The first kappa shape index (κ1) is 14.5. The van der Waals surface area contributed by atoms with Crippen LogP contribution in [0.1, 0.15) is 24.5 Å². The Morgan fingerprint density at radius 1 is 1.55 bits per heavy atom. The van der Waals surface area contributed by atoms with E-state index in [-0.39, 0.29) is 36.8 Å². The lowest BCUT2D eigenvalue weighted by Gasteiger charge is -2.19. The highest BCUT2D eigenvalue weighted by atomic mass is 19.1. The second kappa shape index (κ2) is 6.00. The fraction of sp³-hybridized carbons (Fsp3) is 0.429. The summed E-state index contributed by atoms with van der Waals surface area (Å²) >= 11 is 0. The zero-order valence-electron chi connectivity index (χ0n) is 11.6. The zero-order chi connectivity index (χ0) is 14.7. The van der Waals surface area contributed by atoms with E-state index in [0.717, 1.165) is 0 Å². The molecule has 2 N–H and O–H groups in total. The standard InChI is InChI=1S/C14H18FN3O2/c1-9-3-4-11(6-12(9)15)7-16-14(20)8-18-10(2)5-13(19)17-18/h3-4,6,10H,5,7-8H2,1-2H3,(H,16,20)(H,17,19)/t10-/m0/s1. The summed E-state index contributed by atoms with van der Waals surface area (Å²) in [5, 5.41) is 4.31. The van der Waals surface area contributed by atoms with E-state index >= 15 is 0 Å². The van der Waals surface area contributed by atoms with E-state index in [1.807, 2.05) is 6.92 Å². The number of hydrazine groups is 1. The molecular weight excluding hydrogens is 261 g/mol. The van der Waals surface area contributed by atoms with Gasteiger partial charge in [-0.3, -0.25) is 15.0 Å². The van der Waals surface area contributed by atoms with Crippen molar-refractivity contribution in [2.75, 3.05) is 6.54 Å². The molecule has 1 fully saturated rings. The monoisotopic (exact) mass is 279 g/mol. The number of carbonyl (C=O) groups is 2. The maximum atomic E-state index is 13.4. The van der Waals surface area contributed by atoms with Crippen LogP contribution in [-0.4, -0.2) is 29.4 Å². The number of benzene rings is 1. The number of aryl methyl sites for hydroxylation is 1. The Bertz CT molecular complexity index is 533. The van der Waals surface area contributed by atoms with Gasteiger partial charge < -0.3 is 5.32 Å². The smallest absolute Gasteiger partial charge is 0.236 e. The number of amides is 2. The molecule has 6 heteroatoms. The Hall–Kier alpha value is -1.95. The Labute approximate surface area is 117 Å². The van der Waals surface area contributed by atoms with E-state index in [1.165, 1.54) is 6.07 Å². The van der Waals surface area contributed by atoms with Crippen LogP contribution in [0.3, 0.4) is 0 Å². The van der Waals surface area contributed by atoms with E-state index in [9.17, 15) is 14.0 Å². The van der Waals surface area contributed by atoms with Gasteiger partial charge in [-0.05, 0) is 31.0 Å². The summed E-state index contributed by atoms with van der Waals surface area (Å²) in [6, 6.07) is 4.87. The van der Waals surface area contributed by atoms with E-state index in [4.69, 9.17) is 0 Å². The van der Waals surface area contributed by atoms with Crippen LogP contribution < -0.4 is 10.7 Å². The lowest BCUT2D eigenvalue weighted by Crippen LogP contribution is -2.44. The van der Waals surface area contributed by atoms with Crippen molar-refractivity contribution in [1.29, 1.82) is 0 Å². The molecule has 2 rings (SSSR count). The number of carbonyl (C=O) groups excluding carboxylic acids is 2. The Kier molecular flexibility index (Phi) is 4.34. The van der Waals surface area contributed by atoms with Crippen molar-refractivity contribution in [3.63, 3.8) is 0 Å². The largest absolute Gasteiger partial charge is 0.351 e. The summed E-state index contributed by atoms with van der Waals surface area (Å²) in [5.41, 5.74) is 3.91. The molecule has 1 aliphatic rings. The minimum absolute atomic E-state index is 0.00469. The van der Waals surface area contributed by atoms with Gasteiger partial charge in [0.2, 0.25) is 11.8 Å². The maximum Gasteiger partial charge on any atom is 0.236 e. The molecule has 1 aromatic carbocycles. The van der Waals surface area contributed by atoms with Crippen LogP contribution in [0.4, 0.5) is 4.39 Å². The van der Waals surface area contributed by atoms with Crippen molar-refractivity contribution >= 4 is 11.8 Å². The van der Waals surface area contributed by atoms with Gasteiger partial charge in [-0.15, -0.1) is 0 Å². The summed E-state index contributed by atoms with van der Waals surface area (Å²) < 4.78 is 13.4. The highest BCUT2D eigenvalue weighted by Crippen LogP contribution is 2.10. The predicted molar refractivity (Wildman–Crippen MR) is 71.9 cm³/mol. The molecule has 0 aliphatic carbocycles. The molecule has 2 amide bonds. The average Bonchev–Trinajstić information content (AvgIpc) is 2.69. The highest BCUT2D eigenvalue weighted by Gasteiger charge is 2.27. The summed E-state index contributed by atoms with van der Waals surface area (Å²) in [6.07, 6.45) is 0.399. The normalized spacial score (nSPS) is 18.9. The van der Waals surface area contributed by atoms with Gasteiger partial charge in [0, 0.05) is 19.0 Å². The fourth-order valence-corrected chi connectivity index (χ4v) is 2.05. The first-order chi connectivity index (χ1) is 9.45. The fourth-order valence-electron chi connectivity index (χ4n) is 2.05. The van der Waals surface area contributed by atoms with Crippen LogP contribution in [0.5, 0.6) is 0 Å².